The largest absolute Gasteiger partial charge is 0.505 e. The molecule has 1 aliphatic rings. The summed E-state index contributed by atoms with van der Waals surface area (Å²) in [5.41, 5.74) is -0.598. The van der Waals surface area contributed by atoms with Crippen LogP contribution < -0.4 is 10.9 Å². The number of halogens is 1. The number of hydrogen-bond acceptors (Lipinski definition) is 5. The number of hydrogen-bond donors (Lipinski definition) is 3. The van der Waals surface area contributed by atoms with E-state index in [-0.39, 0.29) is 10.9 Å². The maximum Gasteiger partial charge on any atom is 0.322 e. The number of nitrogens with zero attached hydrogens (tertiary/aromatic N) is 2. The van der Waals surface area contributed by atoms with Crippen LogP contribution in [0.5, 0.6) is 5.75 Å². The number of nitrogens with one attached hydrogen (secondary N) is 1. The van der Waals surface area contributed by atoms with Gasteiger partial charge < -0.3 is 15.5 Å². The van der Waals surface area contributed by atoms with Crippen molar-refractivity contribution >= 4 is 27.8 Å². The van der Waals surface area contributed by atoms with Crippen molar-refractivity contribution in [2.75, 3.05) is 6.54 Å². The molecule has 2 rings (SSSR count). The van der Waals surface area contributed by atoms with Gasteiger partial charge in [-0.15, -0.1) is 0 Å². The Kier molecular flexibility index (Phi) is 5.58. The van der Waals surface area contributed by atoms with Crippen LogP contribution in [0, 0.1) is 0 Å². The van der Waals surface area contributed by atoms with Crippen LogP contribution in [0.2, 0.25) is 0 Å². The molecular formula is C16H16BrN3O5. The molecule has 3 N–H and O–H groups in total. The number of aromatic nitrogens is 2. The Hall–Kier alpha value is -2.68. The van der Waals surface area contributed by atoms with Gasteiger partial charge in [-0.05, 0) is 12.5 Å². The second-order valence-corrected chi connectivity index (χ2v) is 7.24. The zero-order valence-electron chi connectivity index (χ0n) is 13.3. The van der Waals surface area contributed by atoms with Gasteiger partial charge in [0.2, 0.25) is 0 Å². The van der Waals surface area contributed by atoms with E-state index in [1.165, 1.54) is 0 Å². The van der Waals surface area contributed by atoms with Gasteiger partial charge in [-0.25, -0.2) is 4.68 Å². The molecule has 25 heavy (non-hydrogen) atoms. The van der Waals surface area contributed by atoms with Gasteiger partial charge in [0.05, 0.1) is 17.1 Å². The molecule has 0 spiro atoms. The summed E-state index contributed by atoms with van der Waals surface area (Å²) in [5, 5.41) is 24.2. The molecule has 1 heterocycles. The third kappa shape index (κ3) is 4.90. The highest BCUT2D eigenvalue weighted by molar-refractivity contribution is 9.10. The normalized spacial score (nSPS) is 19.2. The smallest absolute Gasteiger partial charge is 0.322 e. The summed E-state index contributed by atoms with van der Waals surface area (Å²) in [6.45, 7) is 1.37. The first-order chi connectivity index (χ1) is 11.7. The van der Waals surface area contributed by atoms with Crippen molar-refractivity contribution in [3.63, 3.8) is 0 Å². The van der Waals surface area contributed by atoms with Crippen LogP contribution in [-0.4, -0.2) is 42.7 Å². The number of rotatable bonds is 5. The summed E-state index contributed by atoms with van der Waals surface area (Å²) in [6.07, 6.45) is 10.2. The molecular weight excluding hydrogens is 394 g/mol. The molecule has 9 heteroatoms. The Morgan fingerprint density at radius 2 is 2.12 bits per heavy atom. The average Bonchev–Trinajstić information content (AvgIpc) is 2.69. The molecule has 1 aromatic heterocycles. The molecule has 1 aliphatic carbocycles. The fraction of sp³-hybridized carbons (Fsp3) is 0.250. The first-order valence-corrected chi connectivity index (χ1v) is 8.04. The van der Waals surface area contributed by atoms with E-state index in [1.54, 1.807) is 6.08 Å². The lowest BCUT2D eigenvalue weighted by atomic mass is 10.1. The Bertz CT molecular complexity index is 852. The Morgan fingerprint density at radius 3 is 2.80 bits per heavy atom. The topological polar surface area (TPSA) is 122 Å². The van der Waals surface area contributed by atoms with E-state index >= 15 is 0 Å². The monoisotopic (exact) mass is 409 g/mol. The zero-order valence-corrected chi connectivity index (χ0v) is 14.9. The summed E-state index contributed by atoms with van der Waals surface area (Å²) >= 11 is 3.51. The molecule has 0 saturated heterocycles. The number of aliphatic carboxylic acids is 1. The van der Waals surface area contributed by atoms with Crippen molar-refractivity contribution in [2.45, 2.75) is 17.8 Å². The number of carbonyl (C=O) groups is 2. The summed E-state index contributed by atoms with van der Waals surface area (Å²) in [4.78, 5) is 34.9. The summed E-state index contributed by atoms with van der Waals surface area (Å²) in [5.74, 6) is -2.84. The molecule has 8 nitrogen and oxygen atoms in total. The van der Waals surface area contributed by atoms with Gasteiger partial charge in [-0.2, -0.15) is 5.10 Å². The molecule has 132 valence electrons. The highest BCUT2D eigenvalue weighted by Gasteiger charge is 2.20. The summed E-state index contributed by atoms with van der Waals surface area (Å²) in [7, 11) is 0. The van der Waals surface area contributed by atoms with Crippen molar-refractivity contribution in [1.82, 2.24) is 15.1 Å². The number of carbonyl (C=O) groups excluding carboxylic acids is 1. The molecule has 1 aromatic rings. The summed E-state index contributed by atoms with van der Waals surface area (Å²) in [6, 6.07) is 0. The second kappa shape index (κ2) is 7.47. The lowest BCUT2D eigenvalue weighted by Crippen LogP contribution is -2.36. The SMILES string of the molecule is CC1(Br)C=CC=C(Cn2ncc(O)c(C(=O)NCC(=O)O)c2=O)C=C1. The van der Waals surface area contributed by atoms with Gasteiger partial charge >= 0.3 is 5.97 Å². The minimum absolute atomic E-state index is 0.0856. The quantitative estimate of drug-likeness (QED) is 0.622. The summed E-state index contributed by atoms with van der Waals surface area (Å²) < 4.78 is 0.719. The molecule has 0 radical (unpaired) electrons. The lowest BCUT2D eigenvalue weighted by molar-refractivity contribution is -0.135. The Balaban J connectivity index is 2.29. The van der Waals surface area contributed by atoms with Crippen LogP contribution in [-0.2, 0) is 11.3 Å². The fourth-order valence-corrected chi connectivity index (χ4v) is 2.35. The fourth-order valence-electron chi connectivity index (χ4n) is 2.07. The first-order valence-electron chi connectivity index (χ1n) is 7.25. The first kappa shape index (κ1) is 18.7. The van der Waals surface area contributed by atoms with E-state index in [1.807, 2.05) is 36.5 Å². The van der Waals surface area contributed by atoms with Crippen LogP contribution in [0.15, 0.2) is 46.9 Å². The average molecular weight is 410 g/mol. The molecule has 0 aromatic carbocycles. The van der Waals surface area contributed by atoms with Gasteiger partial charge in [0.15, 0.2) is 5.75 Å². The minimum Gasteiger partial charge on any atom is -0.505 e. The van der Waals surface area contributed by atoms with E-state index in [0.29, 0.717) is 0 Å². The van der Waals surface area contributed by atoms with Crippen LogP contribution in [0.3, 0.4) is 0 Å². The number of allylic oxidation sites excluding steroid dienone is 6. The van der Waals surface area contributed by atoms with Crippen molar-refractivity contribution in [3.05, 3.63) is 58.1 Å². The maximum absolute atomic E-state index is 12.4. The van der Waals surface area contributed by atoms with Gasteiger partial charge in [0.1, 0.15) is 12.1 Å². The third-order valence-corrected chi connectivity index (χ3v) is 3.87. The number of carboxylic acid groups (broad SMARTS) is 1. The minimum atomic E-state index is -1.26. The van der Waals surface area contributed by atoms with E-state index < -0.39 is 35.3 Å². The van der Waals surface area contributed by atoms with E-state index in [4.69, 9.17) is 5.11 Å². The van der Waals surface area contributed by atoms with Gasteiger partial charge in [-0.3, -0.25) is 14.4 Å². The molecule has 0 aliphatic heterocycles. The van der Waals surface area contributed by atoms with Crippen LogP contribution in [0.4, 0.5) is 0 Å². The maximum atomic E-state index is 12.4. The van der Waals surface area contributed by atoms with Crippen molar-refractivity contribution < 1.29 is 19.8 Å². The predicted molar refractivity (Wildman–Crippen MR) is 93.8 cm³/mol. The van der Waals surface area contributed by atoms with Gasteiger partial charge in [0.25, 0.3) is 11.5 Å². The lowest BCUT2D eigenvalue weighted by Gasteiger charge is -2.11. The van der Waals surface area contributed by atoms with E-state index in [2.05, 4.69) is 21.0 Å². The second-order valence-electron chi connectivity index (χ2n) is 5.53. The van der Waals surface area contributed by atoms with E-state index in [9.17, 15) is 19.5 Å². The molecule has 1 atom stereocenters. The molecule has 0 bridgehead atoms. The van der Waals surface area contributed by atoms with Crippen LogP contribution >= 0.6 is 15.9 Å². The number of aromatic hydroxyl groups is 1. The molecule has 0 fully saturated rings. The predicted octanol–water partition coefficient (Wildman–Crippen LogP) is 0.969. The molecule has 1 amide bonds. The van der Waals surface area contributed by atoms with Crippen molar-refractivity contribution in [3.8, 4) is 5.75 Å². The van der Waals surface area contributed by atoms with Crippen molar-refractivity contribution in [1.29, 1.82) is 0 Å². The van der Waals surface area contributed by atoms with Gasteiger partial charge in [0, 0.05) is 0 Å². The zero-order chi connectivity index (χ0) is 18.6. The van der Waals surface area contributed by atoms with E-state index in [0.717, 1.165) is 16.5 Å². The number of amides is 1. The third-order valence-electron chi connectivity index (χ3n) is 3.34. The van der Waals surface area contributed by atoms with Gasteiger partial charge in [-0.1, -0.05) is 46.3 Å². The number of alkyl halides is 1. The standard InChI is InChI=1S/C16H16BrN3O5/c1-16(17)5-2-3-10(4-6-16)9-20-15(25)13(11(21)7-19-20)14(24)18-8-12(22)23/h2-7,21H,8-9H2,1H3,(H,18,24)(H,22,23). The molecule has 1 unspecified atom stereocenters. The Labute approximate surface area is 151 Å². The highest BCUT2D eigenvalue weighted by atomic mass is 79.9. The van der Waals surface area contributed by atoms with Crippen LogP contribution in [0.1, 0.15) is 17.3 Å². The highest BCUT2D eigenvalue weighted by Crippen LogP contribution is 2.24. The Morgan fingerprint density at radius 1 is 1.40 bits per heavy atom. The molecule has 0 saturated carbocycles. The van der Waals surface area contributed by atoms with Crippen molar-refractivity contribution in [2.24, 2.45) is 0 Å². The van der Waals surface area contributed by atoms with Crippen LogP contribution in [0.25, 0.3) is 0 Å². The number of carboxylic acids is 1.